The van der Waals surface area contributed by atoms with Gasteiger partial charge in [0.2, 0.25) is 0 Å². The molecule has 0 saturated carbocycles. The standard InChI is InChI=1S/C25H31N5/c1-28-11-13-29(14-12-28)20-7-5-18(6-8-20)25-23-15-19(27-24(23)9-10-26-25)17-30-21-3-2-4-22(30)16-21/h5-10,15,21-22,27H,2-4,11-14,16-17H2,1H3. The maximum Gasteiger partial charge on any atom is 0.0795 e. The quantitative estimate of drug-likeness (QED) is 0.714. The summed E-state index contributed by atoms with van der Waals surface area (Å²) >= 11 is 0. The Bertz CT molecular complexity index is 1020. The van der Waals surface area contributed by atoms with Gasteiger partial charge in [-0.3, -0.25) is 9.88 Å². The minimum atomic E-state index is 0.815. The SMILES string of the molecule is CN1CCN(c2ccc(-c3nccc4[nH]c(CN5C6CCCC5C6)cc34)cc2)CC1. The fourth-order valence-electron chi connectivity index (χ4n) is 5.68. The predicted octanol–water partition coefficient (Wildman–Crippen LogP) is 4.11. The van der Waals surface area contributed by atoms with Crippen molar-refractivity contribution in [1.82, 2.24) is 19.8 Å². The van der Waals surface area contributed by atoms with Crippen LogP contribution in [0.15, 0.2) is 42.6 Å². The molecule has 2 atom stereocenters. The van der Waals surface area contributed by atoms with Gasteiger partial charge in [0.05, 0.1) is 5.69 Å². The molecule has 2 unspecified atom stereocenters. The Morgan fingerprint density at radius 3 is 2.50 bits per heavy atom. The summed E-state index contributed by atoms with van der Waals surface area (Å²) < 4.78 is 0. The topological polar surface area (TPSA) is 38.4 Å². The van der Waals surface area contributed by atoms with Gasteiger partial charge in [-0.1, -0.05) is 18.6 Å². The number of benzene rings is 1. The maximum absolute atomic E-state index is 4.76. The molecule has 3 saturated heterocycles. The maximum atomic E-state index is 4.76. The Morgan fingerprint density at radius 1 is 1.00 bits per heavy atom. The van der Waals surface area contributed by atoms with Crippen LogP contribution in [-0.2, 0) is 6.54 Å². The van der Waals surface area contributed by atoms with Crippen molar-refractivity contribution in [2.24, 2.45) is 0 Å². The Balaban J connectivity index is 1.25. The number of rotatable bonds is 4. The Morgan fingerprint density at radius 2 is 1.77 bits per heavy atom. The summed E-state index contributed by atoms with van der Waals surface area (Å²) in [5.41, 5.74) is 6.13. The number of nitrogens with one attached hydrogen (secondary N) is 1. The number of pyridine rings is 1. The van der Waals surface area contributed by atoms with E-state index in [1.165, 1.54) is 53.5 Å². The first kappa shape index (κ1) is 18.4. The smallest absolute Gasteiger partial charge is 0.0795 e. The number of piperazine rings is 1. The summed E-state index contributed by atoms with van der Waals surface area (Å²) in [6.07, 6.45) is 7.51. The van der Waals surface area contributed by atoms with Crippen LogP contribution in [-0.4, -0.2) is 65.1 Å². The summed E-state index contributed by atoms with van der Waals surface area (Å²) in [5, 5.41) is 1.24. The molecule has 3 fully saturated rings. The van der Waals surface area contributed by atoms with Gasteiger partial charge in [-0.05, 0) is 50.6 Å². The molecule has 30 heavy (non-hydrogen) atoms. The highest BCUT2D eigenvalue weighted by Gasteiger charge is 2.40. The van der Waals surface area contributed by atoms with Crippen molar-refractivity contribution in [3.8, 4) is 11.3 Å². The van der Waals surface area contributed by atoms with Gasteiger partial charge in [0.1, 0.15) is 0 Å². The minimum absolute atomic E-state index is 0.815. The number of fused-ring (bicyclic) bond motifs is 3. The van der Waals surface area contributed by atoms with E-state index in [2.05, 4.69) is 63.1 Å². The Hall–Kier alpha value is -2.37. The number of hydrogen-bond acceptors (Lipinski definition) is 4. The molecule has 1 aromatic carbocycles. The van der Waals surface area contributed by atoms with Crippen molar-refractivity contribution >= 4 is 16.6 Å². The molecule has 3 aliphatic heterocycles. The Labute approximate surface area is 178 Å². The Kier molecular flexibility index (Phi) is 4.54. The van der Waals surface area contributed by atoms with Gasteiger partial charge in [0.25, 0.3) is 0 Å². The third-order valence-corrected chi connectivity index (χ3v) is 7.52. The van der Waals surface area contributed by atoms with E-state index in [0.717, 1.165) is 50.5 Å². The first-order valence-electron chi connectivity index (χ1n) is 11.5. The largest absolute Gasteiger partial charge is 0.369 e. The molecule has 2 bridgehead atoms. The second kappa shape index (κ2) is 7.40. The average molecular weight is 402 g/mol. The van der Waals surface area contributed by atoms with Crippen LogP contribution in [0.1, 0.15) is 31.4 Å². The molecule has 156 valence electrons. The lowest BCUT2D eigenvalue weighted by atomic mass is 9.79. The van der Waals surface area contributed by atoms with Crippen molar-refractivity contribution in [3.05, 3.63) is 48.3 Å². The molecule has 0 aliphatic carbocycles. The molecule has 0 radical (unpaired) electrons. The molecular formula is C25H31N5. The van der Waals surface area contributed by atoms with Gasteiger partial charge < -0.3 is 14.8 Å². The lowest BCUT2D eigenvalue weighted by Crippen LogP contribution is -2.57. The van der Waals surface area contributed by atoms with E-state index in [1.54, 1.807) is 0 Å². The number of aromatic amines is 1. The predicted molar refractivity (Wildman–Crippen MR) is 123 cm³/mol. The van der Waals surface area contributed by atoms with Crippen molar-refractivity contribution in [1.29, 1.82) is 0 Å². The lowest BCUT2D eigenvalue weighted by Gasteiger charge is -2.53. The van der Waals surface area contributed by atoms with E-state index in [9.17, 15) is 0 Å². The van der Waals surface area contributed by atoms with Crippen LogP contribution < -0.4 is 4.90 Å². The van der Waals surface area contributed by atoms with E-state index >= 15 is 0 Å². The average Bonchev–Trinajstić information content (AvgIpc) is 3.22. The number of nitrogens with zero attached hydrogens (tertiary/aromatic N) is 4. The number of aromatic nitrogens is 2. The van der Waals surface area contributed by atoms with E-state index < -0.39 is 0 Å². The van der Waals surface area contributed by atoms with Crippen molar-refractivity contribution in [2.75, 3.05) is 38.1 Å². The van der Waals surface area contributed by atoms with Crippen LogP contribution in [0.5, 0.6) is 0 Å². The molecule has 1 N–H and O–H groups in total. The monoisotopic (exact) mass is 401 g/mol. The number of H-pyrrole nitrogens is 1. The van der Waals surface area contributed by atoms with Crippen molar-refractivity contribution < 1.29 is 0 Å². The lowest BCUT2D eigenvalue weighted by molar-refractivity contribution is -0.0350. The molecule has 6 rings (SSSR count). The summed E-state index contributed by atoms with van der Waals surface area (Å²) in [6, 6.07) is 15.1. The van der Waals surface area contributed by atoms with E-state index in [1.807, 2.05) is 6.20 Å². The molecule has 2 aromatic heterocycles. The second-order valence-corrected chi connectivity index (χ2v) is 9.40. The third-order valence-electron chi connectivity index (χ3n) is 7.52. The van der Waals surface area contributed by atoms with Gasteiger partial charge in [-0.25, -0.2) is 0 Å². The van der Waals surface area contributed by atoms with Gasteiger partial charge in [0, 0.05) is 78.9 Å². The van der Waals surface area contributed by atoms with Crippen molar-refractivity contribution in [2.45, 2.75) is 44.3 Å². The fourth-order valence-corrected chi connectivity index (χ4v) is 5.68. The zero-order chi connectivity index (χ0) is 20.1. The van der Waals surface area contributed by atoms with E-state index in [0.29, 0.717) is 0 Å². The highest BCUT2D eigenvalue weighted by Crippen LogP contribution is 2.39. The van der Waals surface area contributed by atoms with Crippen molar-refractivity contribution in [3.63, 3.8) is 0 Å². The minimum Gasteiger partial charge on any atom is -0.369 e. The summed E-state index contributed by atoms with van der Waals surface area (Å²) in [5.74, 6) is 0. The van der Waals surface area contributed by atoms with E-state index in [-0.39, 0.29) is 0 Å². The molecule has 5 nitrogen and oxygen atoms in total. The zero-order valence-corrected chi connectivity index (χ0v) is 17.8. The van der Waals surface area contributed by atoms with Gasteiger partial charge >= 0.3 is 0 Å². The third kappa shape index (κ3) is 3.21. The van der Waals surface area contributed by atoms with Gasteiger partial charge in [0.15, 0.2) is 0 Å². The zero-order valence-electron chi connectivity index (χ0n) is 17.8. The summed E-state index contributed by atoms with van der Waals surface area (Å²) in [7, 11) is 2.20. The molecule has 0 amide bonds. The van der Waals surface area contributed by atoms with Gasteiger partial charge in [-0.15, -0.1) is 0 Å². The number of hydrogen-bond donors (Lipinski definition) is 1. The molecule has 5 heteroatoms. The highest BCUT2D eigenvalue weighted by atomic mass is 15.3. The molecule has 3 aliphatic rings. The van der Waals surface area contributed by atoms with Crippen LogP contribution in [0.4, 0.5) is 5.69 Å². The van der Waals surface area contributed by atoms with Crippen LogP contribution in [0, 0.1) is 0 Å². The summed E-state index contributed by atoms with van der Waals surface area (Å²) in [6.45, 7) is 5.51. The molecular weight excluding hydrogens is 370 g/mol. The second-order valence-electron chi connectivity index (χ2n) is 9.40. The normalized spacial score (nSPS) is 24.9. The first-order valence-corrected chi connectivity index (χ1v) is 11.5. The highest BCUT2D eigenvalue weighted by molar-refractivity contribution is 5.93. The fraction of sp³-hybridized carbons (Fsp3) is 0.480. The number of anilines is 1. The van der Waals surface area contributed by atoms with E-state index in [4.69, 9.17) is 4.98 Å². The number of likely N-dealkylation sites (N-methyl/N-ethyl adjacent to an activating group) is 1. The molecule has 0 spiro atoms. The first-order chi connectivity index (χ1) is 14.7. The molecule has 3 aromatic rings. The molecule has 5 heterocycles. The summed E-state index contributed by atoms with van der Waals surface area (Å²) in [4.78, 5) is 16.0. The van der Waals surface area contributed by atoms with Crippen LogP contribution in [0.2, 0.25) is 0 Å². The van der Waals surface area contributed by atoms with Crippen LogP contribution in [0.25, 0.3) is 22.2 Å². The van der Waals surface area contributed by atoms with Crippen LogP contribution in [0.3, 0.4) is 0 Å². The van der Waals surface area contributed by atoms with Gasteiger partial charge in [-0.2, -0.15) is 0 Å². The van der Waals surface area contributed by atoms with Crippen LogP contribution >= 0.6 is 0 Å². The number of piperidine rings is 1.